The fraction of sp³-hybridized carbons (Fsp3) is 0.400. The number of aromatic nitrogens is 4. The fourth-order valence-electron chi connectivity index (χ4n) is 3.68. The van der Waals surface area contributed by atoms with Crippen molar-refractivity contribution < 1.29 is 4.79 Å². The van der Waals surface area contributed by atoms with Crippen LogP contribution < -0.4 is 5.56 Å². The van der Waals surface area contributed by atoms with Crippen molar-refractivity contribution in [2.45, 2.75) is 43.1 Å². The molecule has 0 bridgehead atoms. The quantitative estimate of drug-likeness (QED) is 0.489. The average molecular weight is 398 g/mol. The lowest BCUT2D eigenvalue weighted by Crippen LogP contribution is -2.40. The molecule has 28 heavy (non-hydrogen) atoms. The lowest BCUT2D eigenvalue weighted by Gasteiger charge is -2.28. The molecule has 1 atom stereocenters. The fourth-order valence-corrected chi connectivity index (χ4v) is 4.62. The molecule has 0 saturated carbocycles. The van der Waals surface area contributed by atoms with Crippen LogP contribution in [0.25, 0.3) is 16.7 Å². The van der Waals surface area contributed by atoms with Crippen LogP contribution in [0, 0.1) is 0 Å². The van der Waals surface area contributed by atoms with Crippen LogP contribution in [0.15, 0.2) is 46.9 Å². The minimum Gasteiger partial charge on any atom is -0.342 e. The maximum atomic E-state index is 12.8. The van der Waals surface area contributed by atoms with Crippen molar-refractivity contribution in [1.82, 2.24) is 24.1 Å². The van der Waals surface area contributed by atoms with Crippen LogP contribution in [0.3, 0.4) is 0 Å². The first kappa shape index (κ1) is 18.7. The maximum Gasteiger partial charge on any atom is 0.263 e. The summed E-state index contributed by atoms with van der Waals surface area (Å²) >= 11 is 1.39. The van der Waals surface area contributed by atoms with Gasteiger partial charge in [0.15, 0.2) is 5.16 Å². The van der Waals surface area contributed by atoms with Crippen molar-refractivity contribution in [1.29, 1.82) is 0 Å². The number of amides is 1. The predicted molar refractivity (Wildman–Crippen MR) is 111 cm³/mol. The number of rotatable bonds is 5. The van der Waals surface area contributed by atoms with Gasteiger partial charge in [0.2, 0.25) is 11.7 Å². The zero-order valence-electron chi connectivity index (χ0n) is 15.9. The van der Waals surface area contributed by atoms with Crippen LogP contribution in [0.4, 0.5) is 0 Å². The molecule has 0 aliphatic carbocycles. The molecule has 1 saturated heterocycles. The van der Waals surface area contributed by atoms with E-state index in [0.29, 0.717) is 22.9 Å². The summed E-state index contributed by atoms with van der Waals surface area (Å²) in [6, 6.07) is 7.41. The van der Waals surface area contributed by atoms with Crippen molar-refractivity contribution in [2.75, 3.05) is 13.1 Å². The topological polar surface area (TPSA) is 72.5 Å². The summed E-state index contributed by atoms with van der Waals surface area (Å²) < 4.78 is 3.43. The first-order chi connectivity index (χ1) is 13.6. The van der Waals surface area contributed by atoms with Gasteiger partial charge in [-0.2, -0.15) is 0 Å². The van der Waals surface area contributed by atoms with E-state index in [-0.39, 0.29) is 16.7 Å². The Morgan fingerprint density at radius 2 is 2.00 bits per heavy atom. The number of thioether (sulfide) groups is 1. The van der Waals surface area contributed by atoms with Crippen LogP contribution >= 0.6 is 11.8 Å². The highest BCUT2D eigenvalue weighted by molar-refractivity contribution is 8.00. The van der Waals surface area contributed by atoms with E-state index in [9.17, 15) is 9.59 Å². The largest absolute Gasteiger partial charge is 0.342 e. The Balaban J connectivity index is 1.77. The molecule has 1 amide bonds. The molecule has 4 rings (SSSR count). The number of benzene rings is 1. The van der Waals surface area contributed by atoms with Crippen LogP contribution in [-0.4, -0.2) is 48.3 Å². The van der Waals surface area contributed by atoms with E-state index in [0.717, 1.165) is 31.4 Å². The smallest absolute Gasteiger partial charge is 0.263 e. The zero-order valence-corrected chi connectivity index (χ0v) is 16.7. The van der Waals surface area contributed by atoms with Gasteiger partial charge in [-0.25, -0.2) is 0 Å². The Bertz CT molecular complexity index is 1100. The van der Waals surface area contributed by atoms with Crippen LogP contribution in [0.1, 0.15) is 26.2 Å². The number of likely N-dealkylation sites (tertiary alicyclic amines) is 1. The molecule has 7 nitrogen and oxygen atoms in total. The zero-order chi connectivity index (χ0) is 19.7. The van der Waals surface area contributed by atoms with E-state index in [1.54, 1.807) is 16.7 Å². The number of piperidine rings is 1. The summed E-state index contributed by atoms with van der Waals surface area (Å²) in [5.41, 5.74) is 0.623. The van der Waals surface area contributed by atoms with Gasteiger partial charge in [-0.05, 0) is 38.3 Å². The maximum absolute atomic E-state index is 12.8. The van der Waals surface area contributed by atoms with Crippen LogP contribution in [0.5, 0.6) is 0 Å². The first-order valence-corrected chi connectivity index (χ1v) is 10.4. The Hall–Kier alpha value is -2.61. The normalized spacial score (nSPS) is 15.8. The molecule has 3 heterocycles. The standard InChI is InChI=1S/C20H23N5O2S/c1-3-11-24-18(27)15-9-5-6-10-16(15)25-19(24)21-22-20(25)28-14(2)17(26)23-12-7-4-8-13-23/h3,5-6,9-10,14H,1,4,7-8,11-13H2,2H3. The summed E-state index contributed by atoms with van der Waals surface area (Å²) in [5.74, 6) is 0.592. The Morgan fingerprint density at radius 1 is 1.25 bits per heavy atom. The Kier molecular flexibility index (Phi) is 5.21. The molecule has 1 unspecified atom stereocenters. The molecule has 1 aliphatic heterocycles. The van der Waals surface area contributed by atoms with Crippen molar-refractivity contribution in [3.05, 3.63) is 47.3 Å². The molecule has 8 heteroatoms. The summed E-state index contributed by atoms with van der Waals surface area (Å²) in [5, 5.41) is 9.49. The SMILES string of the molecule is C=CCn1c(=O)c2ccccc2n2c(SC(C)C(=O)N3CCCCC3)nnc12. The minimum atomic E-state index is -0.274. The summed E-state index contributed by atoms with van der Waals surface area (Å²) in [7, 11) is 0. The number of carbonyl (C=O) groups is 1. The molecule has 1 aliphatic rings. The van der Waals surface area contributed by atoms with E-state index >= 15 is 0 Å². The number of allylic oxidation sites excluding steroid dienone is 1. The van der Waals surface area contributed by atoms with Gasteiger partial charge < -0.3 is 4.90 Å². The van der Waals surface area contributed by atoms with E-state index in [1.165, 1.54) is 18.2 Å². The summed E-state index contributed by atoms with van der Waals surface area (Å²) in [6.07, 6.45) is 4.98. The highest BCUT2D eigenvalue weighted by atomic mass is 32.2. The number of carbonyl (C=O) groups excluding carboxylic acids is 1. The molecule has 1 aromatic carbocycles. The van der Waals surface area contributed by atoms with Gasteiger partial charge in [0.25, 0.3) is 5.56 Å². The molecule has 3 aromatic rings. The van der Waals surface area contributed by atoms with Gasteiger partial charge in [-0.3, -0.25) is 18.6 Å². The second-order valence-electron chi connectivity index (χ2n) is 6.99. The number of fused-ring (bicyclic) bond motifs is 3. The van der Waals surface area contributed by atoms with Gasteiger partial charge >= 0.3 is 0 Å². The molecular weight excluding hydrogens is 374 g/mol. The molecular formula is C20H23N5O2S. The minimum absolute atomic E-state index is 0.121. The molecule has 0 spiro atoms. The first-order valence-electron chi connectivity index (χ1n) is 9.55. The highest BCUT2D eigenvalue weighted by Crippen LogP contribution is 2.26. The number of hydrogen-bond donors (Lipinski definition) is 0. The van der Waals surface area contributed by atoms with Gasteiger partial charge in [-0.15, -0.1) is 16.8 Å². The second kappa shape index (κ2) is 7.79. The number of nitrogens with zero attached hydrogens (tertiary/aromatic N) is 5. The molecule has 2 aromatic heterocycles. The van der Waals surface area contributed by atoms with Gasteiger partial charge in [-0.1, -0.05) is 30.0 Å². The number of hydrogen-bond acceptors (Lipinski definition) is 5. The lowest BCUT2D eigenvalue weighted by molar-refractivity contribution is -0.131. The molecule has 0 N–H and O–H groups in total. The van der Waals surface area contributed by atoms with E-state index < -0.39 is 0 Å². The monoisotopic (exact) mass is 397 g/mol. The van der Waals surface area contributed by atoms with Crippen molar-refractivity contribution in [3.8, 4) is 0 Å². The van der Waals surface area contributed by atoms with Crippen molar-refractivity contribution in [3.63, 3.8) is 0 Å². The van der Waals surface area contributed by atoms with Crippen LogP contribution in [-0.2, 0) is 11.3 Å². The number of para-hydroxylation sites is 1. The molecule has 1 fully saturated rings. The third kappa shape index (κ3) is 3.22. The Morgan fingerprint density at radius 3 is 2.75 bits per heavy atom. The van der Waals surface area contributed by atoms with Gasteiger partial charge in [0.1, 0.15) is 0 Å². The average Bonchev–Trinajstić information content (AvgIpc) is 3.14. The van der Waals surface area contributed by atoms with Crippen molar-refractivity contribution >= 4 is 34.3 Å². The third-order valence-electron chi connectivity index (χ3n) is 5.09. The van der Waals surface area contributed by atoms with Crippen molar-refractivity contribution in [2.24, 2.45) is 0 Å². The lowest BCUT2D eigenvalue weighted by atomic mass is 10.1. The van der Waals surface area contributed by atoms with E-state index in [4.69, 9.17) is 0 Å². The summed E-state index contributed by atoms with van der Waals surface area (Å²) in [6.45, 7) is 7.65. The predicted octanol–water partition coefficient (Wildman–Crippen LogP) is 2.72. The van der Waals surface area contributed by atoms with E-state index in [1.807, 2.05) is 34.4 Å². The summed E-state index contributed by atoms with van der Waals surface area (Å²) in [4.78, 5) is 27.6. The van der Waals surface area contributed by atoms with E-state index in [2.05, 4.69) is 16.8 Å². The second-order valence-corrected chi connectivity index (χ2v) is 8.29. The van der Waals surface area contributed by atoms with Gasteiger partial charge in [0, 0.05) is 19.6 Å². The highest BCUT2D eigenvalue weighted by Gasteiger charge is 2.25. The molecule has 0 radical (unpaired) electrons. The van der Waals surface area contributed by atoms with Gasteiger partial charge in [0.05, 0.1) is 16.2 Å². The van der Waals surface area contributed by atoms with Crippen LogP contribution in [0.2, 0.25) is 0 Å². The Labute approximate surface area is 167 Å². The third-order valence-corrected chi connectivity index (χ3v) is 6.12. The molecule has 146 valence electrons.